The minimum atomic E-state index is -0.308. The molecule has 3 rings (SSSR count). The lowest BCUT2D eigenvalue weighted by Crippen LogP contribution is -2.11. The van der Waals surface area contributed by atoms with Crippen molar-refractivity contribution in [2.75, 3.05) is 0 Å². The highest BCUT2D eigenvalue weighted by Gasteiger charge is 2.10. The van der Waals surface area contributed by atoms with E-state index in [1.807, 2.05) is 18.2 Å². The number of aromatic hydroxyl groups is 1. The summed E-state index contributed by atoms with van der Waals surface area (Å²) >= 11 is 0. The van der Waals surface area contributed by atoms with E-state index in [0.717, 1.165) is 28.7 Å². The van der Waals surface area contributed by atoms with Gasteiger partial charge in [-0.25, -0.2) is 0 Å². The van der Waals surface area contributed by atoms with Crippen molar-refractivity contribution in [2.24, 2.45) is 5.73 Å². The number of carbonyl (C=O) groups is 1. The van der Waals surface area contributed by atoms with Crippen LogP contribution in [0.15, 0.2) is 60.7 Å². The Morgan fingerprint density at radius 1 is 1.13 bits per heavy atom. The molecule has 1 amide bonds. The number of phenols is 1. The van der Waals surface area contributed by atoms with Gasteiger partial charge < -0.3 is 10.8 Å². The molecule has 3 nitrogen and oxygen atoms in total. The molecule has 3 heteroatoms. The van der Waals surface area contributed by atoms with Crippen molar-refractivity contribution in [1.29, 1.82) is 0 Å². The summed E-state index contributed by atoms with van der Waals surface area (Å²) < 4.78 is 0. The van der Waals surface area contributed by atoms with Crippen LogP contribution in [0.5, 0.6) is 5.75 Å². The first kappa shape index (κ1) is 15.1. The van der Waals surface area contributed by atoms with Gasteiger partial charge in [0.05, 0.1) is 0 Å². The molecule has 0 radical (unpaired) electrons. The monoisotopic (exact) mass is 305 g/mol. The molecular formula is C20H19NO2. The Balaban J connectivity index is 2.03. The van der Waals surface area contributed by atoms with E-state index in [2.05, 4.69) is 30.4 Å². The van der Waals surface area contributed by atoms with Crippen LogP contribution in [-0.2, 0) is 11.2 Å². The summed E-state index contributed by atoms with van der Waals surface area (Å²) in [6.45, 7) is 0. The molecule has 0 saturated carbocycles. The van der Waals surface area contributed by atoms with E-state index < -0.39 is 0 Å². The second kappa shape index (κ2) is 6.53. The molecule has 0 heterocycles. The van der Waals surface area contributed by atoms with Gasteiger partial charge in [0.1, 0.15) is 5.75 Å². The molecule has 0 spiro atoms. The zero-order chi connectivity index (χ0) is 16.2. The van der Waals surface area contributed by atoms with E-state index in [1.54, 1.807) is 12.1 Å². The maximum Gasteiger partial charge on any atom is 0.217 e. The molecule has 0 aliphatic heterocycles. The number of phenolic OH excluding ortho intramolecular Hbond substituents is 1. The van der Waals surface area contributed by atoms with Gasteiger partial charge in [-0.05, 0) is 52.8 Å². The largest absolute Gasteiger partial charge is 0.508 e. The number of carbonyl (C=O) groups excluding carboxylic acids is 1. The lowest BCUT2D eigenvalue weighted by atomic mass is 9.92. The molecule has 0 fully saturated rings. The standard InChI is InChI=1S/C20H19NO2/c21-20(23)11-9-17-12-15(14-4-1-2-5-14)8-10-19(17)16-6-3-7-18(22)13-16/h1,3-8,10,12-13,22H,2,9,11H2,(H2,21,23). The normalized spacial score (nSPS) is 13.1. The first-order valence-electron chi connectivity index (χ1n) is 7.71. The summed E-state index contributed by atoms with van der Waals surface area (Å²) in [6, 6.07) is 13.4. The van der Waals surface area contributed by atoms with E-state index in [-0.39, 0.29) is 11.7 Å². The zero-order valence-corrected chi connectivity index (χ0v) is 12.8. The van der Waals surface area contributed by atoms with Crippen molar-refractivity contribution < 1.29 is 9.90 Å². The minimum Gasteiger partial charge on any atom is -0.508 e. The van der Waals surface area contributed by atoms with E-state index >= 15 is 0 Å². The highest BCUT2D eigenvalue weighted by molar-refractivity contribution is 5.80. The quantitative estimate of drug-likeness (QED) is 0.882. The number of hydrogen-bond donors (Lipinski definition) is 2. The average Bonchev–Trinajstić information content (AvgIpc) is 3.07. The topological polar surface area (TPSA) is 63.3 Å². The summed E-state index contributed by atoms with van der Waals surface area (Å²) in [5, 5.41) is 9.72. The number of nitrogens with two attached hydrogens (primary N) is 1. The number of benzene rings is 2. The Labute approximate surface area is 135 Å². The third-order valence-corrected chi connectivity index (χ3v) is 4.01. The molecule has 23 heavy (non-hydrogen) atoms. The molecule has 0 aromatic heterocycles. The van der Waals surface area contributed by atoms with Gasteiger partial charge in [0, 0.05) is 6.42 Å². The second-order valence-electron chi connectivity index (χ2n) is 5.69. The Morgan fingerprint density at radius 2 is 2.00 bits per heavy atom. The van der Waals surface area contributed by atoms with Crippen molar-refractivity contribution in [3.8, 4) is 16.9 Å². The molecule has 0 atom stereocenters. The minimum absolute atomic E-state index is 0.230. The van der Waals surface area contributed by atoms with Crippen LogP contribution >= 0.6 is 0 Å². The molecular weight excluding hydrogens is 286 g/mol. The number of rotatable bonds is 5. The van der Waals surface area contributed by atoms with Crippen LogP contribution in [0.4, 0.5) is 0 Å². The molecule has 2 aromatic carbocycles. The van der Waals surface area contributed by atoms with Gasteiger partial charge in [0.15, 0.2) is 0 Å². The van der Waals surface area contributed by atoms with Crippen LogP contribution in [0.3, 0.4) is 0 Å². The number of allylic oxidation sites excluding steroid dienone is 4. The van der Waals surface area contributed by atoms with E-state index in [0.29, 0.717) is 12.8 Å². The third-order valence-electron chi connectivity index (χ3n) is 4.01. The molecule has 1 aliphatic carbocycles. The van der Waals surface area contributed by atoms with Gasteiger partial charge in [0.2, 0.25) is 5.91 Å². The summed E-state index contributed by atoms with van der Waals surface area (Å²) in [5.41, 5.74) is 10.7. The van der Waals surface area contributed by atoms with Crippen molar-refractivity contribution in [1.82, 2.24) is 0 Å². The van der Waals surface area contributed by atoms with Crippen molar-refractivity contribution in [3.05, 3.63) is 71.8 Å². The van der Waals surface area contributed by atoms with Gasteiger partial charge in [-0.15, -0.1) is 0 Å². The molecule has 0 bridgehead atoms. The van der Waals surface area contributed by atoms with Gasteiger partial charge in [-0.3, -0.25) is 4.79 Å². The van der Waals surface area contributed by atoms with E-state index in [1.165, 1.54) is 5.57 Å². The highest BCUT2D eigenvalue weighted by Crippen LogP contribution is 2.31. The first-order valence-corrected chi connectivity index (χ1v) is 7.71. The highest BCUT2D eigenvalue weighted by atomic mass is 16.3. The van der Waals surface area contributed by atoms with Crippen molar-refractivity contribution >= 4 is 11.5 Å². The fourth-order valence-corrected chi connectivity index (χ4v) is 2.87. The number of primary amides is 1. The molecule has 3 N–H and O–H groups in total. The van der Waals surface area contributed by atoms with Crippen LogP contribution in [0.2, 0.25) is 0 Å². The van der Waals surface area contributed by atoms with E-state index in [9.17, 15) is 9.90 Å². The Hall–Kier alpha value is -2.81. The van der Waals surface area contributed by atoms with Crippen LogP contribution in [-0.4, -0.2) is 11.0 Å². The van der Waals surface area contributed by atoms with Gasteiger partial charge >= 0.3 is 0 Å². The predicted molar refractivity (Wildman–Crippen MR) is 92.8 cm³/mol. The smallest absolute Gasteiger partial charge is 0.217 e. The van der Waals surface area contributed by atoms with Gasteiger partial charge in [-0.1, -0.05) is 48.6 Å². The van der Waals surface area contributed by atoms with Crippen LogP contribution in [0.1, 0.15) is 24.0 Å². The summed E-state index contributed by atoms with van der Waals surface area (Å²) in [5.74, 6) is -0.0777. The summed E-state index contributed by atoms with van der Waals surface area (Å²) in [6.07, 6.45) is 8.28. The molecule has 2 aromatic rings. The number of aryl methyl sites for hydroxylation is 1. The molecule has 1 aliphatic rings. The van der Waals surface area contributed by atoms with E-state index in [4.69, 9.17) is 5.73 Å². The number of hydrogen-bond acceptors (Lipinski definition) is 2. The Morgan fingerprint density at radius 3 is 2.70 bits per heavy atom. The predicted octanol–water partition coefficient (Wildman–Crippen LogP) is 3.82. The third kappa shape index (κ3) is 3.51. The molecule has 0 saturated heterocycles. The lowest BCUT2D eigenvalue weighted by Gasteiger charge is -2.12. The van der Waals surface area contributed by atoms with Crippen LogP contribution in [0, 0.1) is 0 Å². The lowest BCUT2D eigenvalue weighted by molar-refractivity contribution is -0.117. The summed E-state index contributed by atoms with van der Waals surface area (Å²) in [7, 11) is 0. The maximum atomic E-state index is 11.2. The maximum absolute atomic E-state index is 11.2. The van der Waals surface area contributed by atoms with Gasteiger partial charge in [0.25, 0.3) is 0 Å². The zero-order valence-electron chi connectivity index (χ0n) is 12.8. The van der Waals surface area contributed by atoms with Gasteiger partial charge in [-0.2, -0.15) is 0 Å². The fourth-order valence-electron chi connectivity index (χ4n) is 2.87. The first-order chi connectivity index (χ1) is 11.1. The van der Waals surface area contributed by atoms with Crippen molar-refractivity contribution in [3.63, 3.8) is 0 Å². The Bertz CT molecular complexity index is 803. The molecule has 0 unspecified atom stereocenters. The van der Waals surface area contributed by atoms with Crippen LogP contribution in [0.25, 0.3) is 16.7 Å². The SMILES string of the molecule is NC(=O)CCc1cc(C2=CCC=C2)ccc1-c1cccc(O)c1. The summed E-state index contributed by atoms with van der Waals surface area (Å²) in [4.78, 5) is 11.2. The molecule has 116 valence electrons. The fraction of sp³-hybridized carbons (Fsp3) is 0.150. The number of amides is 1. The van der Waals surface area contributed by atoms with Crippen molar-refractivity contribution in [2.45, 2.75) is 19.3 Å². The second-order valence-corrected chi connectivity index (χ2v) is 5.69. The Kier molecular flexibility index (Phi) is 4.29. The van der Waals surface area contributed by atoms with Crippen LogP contribution < -0.4 is 5.73 Å². The average molecular weight is 305 g/mol.